The Balaban J connectivity index is 2.79. The van der Waals surface area contributed by atoms with E-state index in [2.05, 4.69) is 10.3 Å². The molecule has 0 radical (unpaired) electrons. The van der Waals surface area contributed by atoms with Crippen LogP contribution in [0.2, 0.25) is 0 Å². The second-order valence-corrected chi connectivity index (χ2v) is 3.95. The van der Waals surface area contributed by atoms with Gasteiger partial charge in [-0.25, -0.2) is 4.98 Å². The monoisotopic (exact) mass is 235 g/mol. The fourth-order valence-electron chi connectivity index (χ4n) is 1.55. The Morgan fingerprint density at radius 2 is 2.24 bits per heavy atom. The van der Waals surface area contributed by atoms with Crippen LogP contribution < -0.4 is 5.32 Å². The number of hydrogen-bond acceptors (Lipinski definition) is 5. The molecule has 1 heterocycles. The van der Waals surface area contributed by atoms with Crippen molar-refractivity contribution in [1.82, 2.24) is 10.3 Å². The summed E-state index contributed by atoms with van der Waals surface area (Å²) in [7, 11) is 1.78. The lowest BCUT2D eigenvalue weighted by molar-refractivity contribution is 0.0138. The van der Waals surface area contributed by atoms with Crippen LogP contribution in [0, 0.1) is 18.3 Å². The zero-order chi connectivity index (χ0) is 12.8. The van der Waals surface area contributed by atoms with E-state index in [4.69, 9.17) is 5.26 Å². The first-order valence-electron chi connectivity index (χ1n) is 5.47. The number of aliphatic hydroxyl groups excluding tert-OH is 2. The summed E-state index contributed by atoms with van der Waals surface area (Å²) in [6, 6.07) is 3.64. The van der Waals surface area contributed by atoms with E-state index in [9.17, 15) is 10.2 Å². The van der Waals surface area contributed by atoms with Crippen molar-refractivity contribution < 1.29 is 10.2 Å². The average Bonchev–Trinajstić information content (AvgIpc) is 2.34. The van der Waals surface area contributed by atoms with Crippen LogP contribution in [0.4, 0.5) is 0 Å². The highest BCUT2D eigenvalue weighted by Crippen LogP contribution is 2.19. The zero-order valence-electron chi connectivity index (χ0n) is 10.0. The quantitative estimate of drug-likeness (QED) is 0.681. The van der Waals surface area contributed by atoms with Crippen molar-refractivity contribution in [2.24, 2.45) is 0 Å². The molecule has 92 valence electrons. The van der Waals surface area contributed by atoms with Gasteiger partial charge in [0, 0.05) is 11.8 Å². The van der Waals surface area contributed by atoms with Crippen LogP contribution in [-0.2, 0) is 0 Å². The molecular formula is C12H17N3O2. The molecule has 5 nitrogen and oxygen atoms in total. The number of hydrogen-bond donors (Lipinski definition) is 3. The highest BCUT2D eigenvalue weighted by molar-refractivity contribution is 5.33. The number of nitriles is 1. The second kappa shape index (κ2) is 6.30. The van der Waals surface area contributed by atoms with Crippen molar-refractivity contribution in [3.05, 3.63) is 29.1 Å². The van der Waals surface area contributed by atoms with Gasteiger partial charge in [0.25, 0.3) is 0 Å². The van der Waals surface area contributed by atoms with Gasteiger partial charge in [-0.05, 0) is 38.6 Å². The number of aromatic nitrogens is 1. The van der Waals surface area contributed by atoms with Crippen LogP contribution in [0.3, 0.4) is 0 Å². The number of nitrogens with one attached hydrogen (secondary N) is 1. The van der Waals surface area contributed by atoms with Gasteiger partial charge in [-0.15, -0.1) is 0 Å². The van der Waals surface area contributed by atoms with Gasteiger partial charge in [-0.3, -0.25) is 0 Å². The number of rotatable bonds is 5. The Hall–Kier alpha value is -1.48. The molecule has 5 heteroatoms. The Labute approximate surface area is 101 Å². The molecule has 0 amide bonds. The van der Waals surface area contributed by atoms with Crippen molar-refractivity contribution in [3.8, 4) is 6.07 Å². The molecule has 1 rings (SSSR count). The maximum absolute atomic E-state index is 9.90. The van der Waals surface area contributed by atoms with Crippen molar-refractivity contribution >= 4 is 0 Å². The molecule has 2 unspecified atom stereocenters. The van der Waals surface area contributed by atoms with Crippen molar-refractivity contribution in [2.75, 3.05) is 13.6 Å². The standard InChI is InChI=1S/C12H17N3O2/c1-8-5-9(7-15-10(8)6-13)12(17)11(16)3-4-14-2/h5,7,11-12,14,16-17H,3-4H2,1-2H3. The van der Waals surface area contributed by atoms with Crippen molar-refractivity contribution in [1.29, 1.82) is 5.26 Å². The van der Waals surface area contributed by atoms with E-state index in [1.165, 1.54) is 6.20 Å². The molecule has 0 aliphatic rings. The van der Waals surface area contributed by atoms with E-state index in [0.717, 1.165) is 0 Å². The molecule has 3 N–H and O–H groups in total. The molecule has 0 fully saturated rings. The summed E-state index contributed by atoms with van der Waals surface area (Å²) in [4.78, 5) is 3.93. The van der Waals surface area contributed by atoms with Crippen LogP contribution in [0.1, 0.15) is 29.3 Å². The Morgan fingerprint density at radius 3 is 2.76 bits per heavy atom. The maximum atomic E-state index is 9.90. The minimum atomic E-state index is -0.970. The number of nitrogens with zero attached hydrogens (tertiary/aromatic N) is 2. The molecule has 0 aliphatic carbocycles. The van der Waals surface area contributed by atoms with E-state index in [0.29, 0.717) is 29.8 Å². The van der Waals surface area contributed by atoms with Gasteiger partial charge in [0.15, 0.2) is 0 Å². The Morgan fingerprint density at radius 1 is 1.53 bits per heavy atom. The van der Waals surface area contributed by atoms with Crippen LogP contribution >= 0.6 is 0 Å². The molecule has 1 aromatic rings. The third kappa shape index (κ3) is 3.49. The van der Waals surface area contributed by atoms with Gasteiger partial charge in [-0.1, -0.05) is 0 Å². The fraction of sp³-hybridized carbons (Fsp3) is 0.500. The van der Waals surface area contributed by atoms with Crippen molar-refractivity contribution in [3.63, 3.8) is 0 Å². The van der Waals surface area contributed by atoms with Crippen LogP contribution in [0.5, 0.6) is 0 Å². The van der Waals surface area contributed by atoms with Gasteiger partial charge < -0.3 is 15.5 Å². The lowest BCUT2D eigenvalue weighted by Crippen LogP contribution is -2.23. The zero-order valence-corrected chi connectivity index (χ0v) is 10.0. The first-order chi connectivity index (χ1) is 8.10. The minimum Gasteiger partial charge on any atom is -0.390 e. The van der Waals surface area contributed by atoms with Crippen LogP contribution in [-0.4, -0.2) is 34.9 Å². The maximum Gasteiger partial charge on any atom is 0.143 e. The molecule has 2 atom stereocenters. The molecular weight excluding hydrogens is 218 g/mol. The minimum absolute atomic E-state index is 0.339. The molecule has 0 saturated heterocycles. The molecule has 0 aliphatic heterocycles. The molecule has 0 aromatic carbocycles. The second-order valence-electron chi connectivity index (χ2n) is 3.95. The highest BCUT2D eigenvalue weighted by atomic mass is 16.3. The lowest BCUT2D eigenvalue weighted by atomic mass is 10.0. The van der Waals surface area contributed by atoms with Crippen molar-refractivity contribution in [2.45, 2.75) is 25.6 Å². The number of aryl methyl sites for hydroxylation is 1. The third-order valence-electron chi connectivity index (χ3n) is 2.60. The largest absolute Gasteiger partial charge is 0.390 e. The van der Waals surface area contributed by atoms with E-state index in [1.807, 2.05) is 6.07 Å². The first-order valence-corrected chi connectivity index (χ1v) is 5.47. The van der Waals surface area contributed by atoms with E-state index < -0.39 is 12.2 Å². The molecule has 0 bridgehead atoms. The molecule has 17 heavy (non-hydrogen) atoms. The first kappa shape index (κ1) is 13.6. The van der Waals surface area contributed by atoms with Crippen LogP contribution in [0.15, 0.2) is 12.3 Å². The van der Waals surface area contributed by atoms with Gasteiger partial charge in [0.2, 0.25) is 0 Å². The predicted molar refractivity (Wildman–Crippen MR) is 63.2 cm³/mol. The summed E-state index contributed by atoms with van der Waals surface area (Å²) in [5, 5.41) is 31.3. The van der Waals surface area contributed by atoms with E-state index in [1.54, 1.807) is 20.0 Å². The average molecular weight is 235 g/mol. The van der Waals surface area contributed by atoms with E-state index in [-0.39, 0.29) is 0 Å². The van der Waals surface area contributed by atoms with Gasteiger partial charge in [-0.2, -0.15) is 5.26 Å². The lowest BCUT2D eigenvalue weighted by Gasteiger charge is -2.18. The topological polar surface area (TPSA) is 89.2 Å². The normalized spacial score (nSPS) is 14.1. The van der Waals surface area contributed by atoms with Gasteiger partial charge in [0.05, 0.1) is 6.10 Å². The van der Waals surface area contributed by atoms with E-state index >= 15 is 0 Å². The van der Waals surface area contributed by atoms with Gasteiger partial charge in [0.1, 0.15) is 17.9 Å². The number of pyridine rings is 1. The Bertz CT molecular complexity index is 415. The summed E-state index contributed by atoms with van der Waals surface area (Å²) in [5.41, 5.74) is 1.57. The van der Waals surface area contributed by atoms with Gasteiger partial charge >= 0.3 is 0 Å². The molecule has 0 spiro atoms. The summed E-state index contributed by atoms with van der Waals surface area (Å²) < 4.78 is 0. The summed E-state index contributed by atoms with van der Waals surface area (Å²) in [6.45, 7) is 2.38. The molecule has 1 aromatic heterocycles. The third-order valence-corrected chi connectivity index (χ3v) is 2.60. The smallest absolute Gasteiger partial charge is 0.143 e. The SMILES string of the molecule is CNCCC(O)C(O)c1cnc(C#N)c(C)c1. The Kier molecular flexibility index (Phi) is 5.04. The summed E-state index contributed by atoms with van der Waals surface area (Å²) in [6.07, 6.45) is 0.0779. The highest BCUT2D eigenvalue weighted by Gasteiger charge is 2.18. The van der Waals surface area contributed by atoms with Crippen LogP contribution in [0.25, 0.3) is 0 Å². The summed E-state index contributed by atoms with van der Waals surface area (Å²) >= 11 is 0. The summed E-state index contributed by atoms with van der Waals surface area (Å²) in [5.74, 6) is 0. The number of aliphatic hydroxyl groups is 2. The predicted octanol–water partition coefficient (Wildman–Crippen LogP) is 0.265. The molecule has 0 saturated carbocycles. The fourth-order valence-corrected chi connectivity index (χ4v) is 1.55.